The lowest BCUT2D eigenvalue weighted by Crippen LogP contribution is -2.41. The summed E-state index contributed by atoms with van der Waals surface area (Å²) in [6.45, 7) is 1.82. The Bertz CT molecular complexity index is 576. The Balaban J connectivity index is 0.00000312. The summed E-state index contributed by atoms with van der Waals surface area (Å²) in [4.78, 5) is 13.8. The van der Waals surface area contributed by atoms with E-state index in [1.807, 2.05) is 0 Å². The van der Waals surface area contributed by atoms with Crippen LogP contribution in [0.4, 0.5) is 17.6 Å². The van der Waals surface area contributed by atoms with Crippen molar-refractivity contribution >= 4 is 18.3 Å². The Morgan fingerprint density at radius 1 is 1.24 bits per heavy atom. The van der Waals surface area contributed by atoms with E-state index in [-0.39, 0.29) is 24.1 Å². The first-order chi connectivity index (χ1) is 11.3. The van der Waals surface area contributed by atoms with Gasteiger partial charge in [-0.1, -0.05) is 0 Å². The molecule has 0 aliphatic carbocycles. The van der Waals surface area contributed by atoms with Crippen molar-refractivity contribution in [2.24, 2.45) is 5.73 Å². The van der Waals surface area contributed by atoms with E-state index in [2.05, 4.69) is 0 Å². The number of carbonyl (C=O) groups is 1. The van der Waals surface area contributed by atoms with Crippen LogP contribution in [0.3, 0.4) is 0 Å². The number of carbonyl (C=O) groups excluding carboxylic acids is 1. The highest BCUT2D eigenvalue weighted by Gasteiger charge is 2.33. The molecule has 1 aromatic rings. The summed E-state index contributed by atoms with van der Waals surface area (Å²) in [7, 11) is 0. The molecule has 0 radical (unpaired) electrons. The molecular weight excluding hydrogens is 364 g/mol. The molecule has 25 heavy (non-hydrogen) atoms. The molecule has 0 saturated carbocycles. The van der Waals surface area contributed by atoms with Gasteiger partial charge in [-0.3, -0.25) is 4.79 Å². The van der Waals surface area contributed by atoms with Crippen LogP contribution in [0, 0.1) is 5.82 Å². The quantitative estimate of drug-likeness (QED) is 0.626. The van der Waals surface area contributed by atoms with Crippen molar-refractivity contribution in [1.82, 2.24) is 4.90 Å². The molecule has 0 bridgehead atoms. The van der Waals surface area contributed by atoms with Crippen LogP contribution in [0.1, 0.15) is 35.2 Å². The van der Waals surface area contributed by atoms with Gasteiger partial charge in [0.2, 0.25) is 0 Å². The van der Waals surface area contributed by atoms with Crippen molar-refractivity contribution in [2.75, 3.05) is 26.2 Å². The number of alkyl halides is 3. The van der Waals surface area contributed by atoms with Crippen molar-refractivity contribution in [1.29, 1.82) is 0 Å². The topological polar surface area (TPSA) is 55.6 Å². The SMILES string of the molecule is Cl.NCCCOC1CCN(C(=O)c2cc(F)cc(C(F)(F)F)c2)CC1. The third-order valence-corrected chi connectivity index (χ3v) is 3.90. The van der Waals surface area contributed by atoms with E-state index in [9.17, 15) is 22.4 Å². The summed E-state index contributed by atoms with van der Waals surface area (Å²) in [5, 5.41) is 0. The Labute approximate surface area is 149 Å². The number of piperidine rings is 1. The number of rotatable bonds is 5. The molecule has 0 unspecified atom stereocenters. The number of hydrogen-bond acceptors (Lipinski definition) is 3. The van der Waals surface area contributed by atoms with Gasteiger partial charge in [-0.25, -0.2) is 4.39 Å². The monoisotopic (exact) mass is 384 g/mol. The van der Waals surface area contributed by atoms with Gasteiger partial charge in [0.15, 0.2) is 0 Å². The molecule has 0 aromatic heterocycles. The number of nitrogens with zero attached hydrogens (tertiary/aromatic N) is 1. The smallest absolute Gasteiger partial charge is 0.378 e. The molecule has 1 heterocycles. The molecular formula is C16H21ClF4N2O2. The minimum Gasteiger partial charge on any atom is -0.378 e. The van der Waals surface area contributed by atoms with Crippen LogP contribution < -0.4 is 5.73 Å². The Morgan fingerprint density at radius 3 is 2.44 bits per heavy atom. The maximum absolute atomic E-state index is 13.4. The molecule has 0 spiro atoms. The van der Waals surface area contributed by atoms with Crippen LogP contribution >= 0.6 is 12.4 Å². The Kier molecular flexibility index (Phi) is 8.11. The molecule has 1 saturated heterocycles. The third kappa shape index (κ3) is 6.13. The first-order valence-corrected chi connectivity index (χ1v) is 7.80. The predicted octanol–water partition coefficient (Wildman–Crippen LogP) is 3.24. The van der Waals surface area contributed by atoms with Gasteiger partial charge in [-0.05, 0) is 44.0 Å². The van der Waals surface area contributed by atoms with E-state index >= 15 is 0 Å². The second-order valence-corrected chi connectivity index (χ2v) is 5.73. The highest BCUT2D eigenvalue weighted by atomic mass is 35.5. The normalized spacial score (nSPS) is 15.8. The molecule has 2 rings (SSSR count). The largest absolute Gasteiger partial charge is 0.416 e. The number of halogens is 5. The van der Waals surface area contributed by atoms with E-state index in [4.69, 9.17) is 10.5 Å². The molecule has 1 amide bonds. The summed E-state index contributed by atoms with van der Waals surface area (Å²) in [6, 6.07) is 1.91. The molecule has 4 nitrogen and oxygen atoms in total. The standard InChI is InChI=1S/C16H20F4N2O2.ClH/c17-13-9-11(8-12(10-13)16(18,19)20)15(23)22-5-2-14(3-6-22)24-7-1-4-21;/h8-10,14H,1-7,21H2;1H. The Hall–Kier alpha value is -1.38. The van der Waals surface area contributed by atoms with Crippen molar-refractivity contribution in [3.05, 3.63) is 35.1 Å². The van der Waals surface area contributed by atoms with Crippen LogP contribution in [-0.2, 0) is 10.9 Å². The Morgan fingerprint density at radius 2 is 1.88 bits per heavy atom. The van der Waals surface area contributed by atoms with Gasteiger partial charge in [-0.2, -0.15) is 13.2 Å². The van der Waals surface area contributed by atoms with Gasteiger partial charge >= 0.3 is 6.18 Å². The molecule has 9 heteroatoms. The van der Waals surface area contributed by atoms with Gasteiger partial charge in [-0.15, -0.1) is 12.4 Å². The average Bonchev–Trinajstić information content (AvgIpc) is 2.54. The van der Waals surface area contributed by atoms with E-state index in [0.717, 1.165) is 12.5 Å². The fourth-order valence-electron chi connectivity index (χ4n) is 2.62. The molecule has 1 aromatic carbocycles. The van der Waals surface area contributed by atoms with Crippen molar-refractivity contribution in [3.63, 3.8) is 0 Å². The maximum atomic E-state index is 13.4. The lowest BCUT2D eigenvalue weighted by molar-refractivity contribution is -0.137. The van der Waals surface area contributed by atoms with E-state index in [0.29, 0.717) is 51.2 Å². The van der Waals surface area contributed by atoms with E-state index in [1.54, 1.807) is 0 Å². The molecule has 2 N–H and O–H groups in total. The predicted molar refractivity (Wildman–Crippen MR) is 87.2 cm³/mol. The van der Waals surface area contributed by atoms with Crippen molar-refractivity contribution in [3.8, 4) is 0 Å². The zero-order valence-corrected chi connectivity index (χ0v) is 14.3. The minimum atomic E-state index is -4.69. The van der Waals surface area contributed by atoms with Gasteiger partial charge in [0.1, 0.15) is 5.82 Å². The van der Waals surface area contributed by atoms with Crippen molar-refractivity contribution < 1.29 is 27.1 Å². The van der Waals surface area contributed by atoms with Gasteiger partial charge in [0.25, 0.3) is 5.91 Å². The average molecular weight is 385 g/mol. The zero-order valence-electron chi connectivity index (χ0n) is 13.5. The van der Waals surface area contributed by atoms with Crippen LogP contribution in [-0.4, -0.2) is 43.2 Å². The first-order valence-electron chi connectivity index (χ1n) is 7.80. The maximum Gasteiger partial charge on any atom is 0.416 e. The van der Waals surface area contributed by atoms with Gasteiger partial charge < -0.3 is 15.4 Å². The lowest BCUT2D eigenvalue weighted by Gasteiger charge is -2.32. The molecule has 0 atom stereocenters. The molecule has 1 fully saturated rings. The number of hydrogen-bond donors (Lipinski definition) is 1. The second-order valence-electron chi connectivity index (χ2n) is 5.73. The summed E-state index contributed by atoms with van der Waals surface area (Å²) in [6.07, 6.45) is -2.74. The fraction of sp³-hybridized carbons (Fsp3) is 0.562. The molecule has 1 aliphatic rings. The van der Waals surface area contributed by atoms with E-state index in [1.165, 1.54) is 4.90 Å². The number of benzene rings is 1. The van der Waals surface area contributed by atoms with Crippen LogP contribution in [0.25, 0.3) is 0 Å². The highest BCUT2D eigenvalue weighted by Crippen LogP contribution is 2.31. The zero-order chi connectivity index (χ0) is 17.7. The van der Waals surface area contributed by atoms with Crippen LogP contribution in [0.15, 0.2) is 18.2 Å². The highest BCUT2D eigenvalue weighted by molar-refractivity contribution is 5.94. The number of likely N-dealkylation sites (tertiary alicyclic amines) is 1. The number of nitrogens with two attached hydrogens (primary N) is 1. The lowest BCUT2D eigenvalue weighted by atomic mass is 10.0. The van der Waals surface area contributed by atoms with E-state index < -0.39 is 23.5 Å². The molecule has 142 valence electrons. The van der Waals surface area contributed by atoms with Crippen LogP contribution in [0.2, 0.25) is 0 Å². The fourth-order valence-corrected chi connectivity index (χ4v) is 2.62. The minimum absolute atomic E-state index is 0. The summed E-state index contributed by atoms with van der Waals surface area (Å²) < 4.78 is 57.2. The number of ether oxygens (including phenoxy) is 1. The van der Waals surface area contributed by atoms with Crippen LogP contribution in [0.5, 0.6) is 0 Å². The van der Waals surface area contributed by atoms with Gasteiger partial charge in [0.05, 0.1) is 11.7 Å². The summed E-state index contributed by atoms with van der Waals surface area (Å²) in [5.41, 5.74) is 3.93. The molecule has 1 aliphatic heterocycles. The van der Waals surface area contributed by atoms with Crippen molar-refractivity contribution in [2.45, 2.75) is 31.5 Å². The number of amides is 1. The summed E-state index contributed by atoms with van der Waals surface area (Å²) >= 11 is 0. The first kappa shape index (κ1) is 21.7. The summed E-state index contributed by atoms with van der Waals surface area (Å²) in [5.74, 6) is -1.67. The van der Waals surface area contributed by atoms with Gasteiger partial charge in [0, 0.05) is 25.3 Å². The third-order valence-electron chi connectivity index (χ3n) is 3.90. The second kappa shape index (κ2) is 9.35.